The smallest absolute Gasteiger partial charge is 0.208 e. The fourth-order valence-corrected chi connectivity index (χ4v) is 3.50. The van der Waals surface area contributed by atoms with Crippen molar-refractivity contribution in [2.45, 2.75) is 25.4 Å². The normalized spacial score (nSPS) is 19.1. The Hall–Kier alpha value is -1.78. The van der Waals surface area contributed by atoms with E-state index in [1.54, 1.807) is 7.05 Å². The van der Waals surface area contributed by atoms with Gasteiger partial charge in [-0.3, -0.25) is 9.89 Å². The molecule has 1 heterocycles. The maximum absolute atomic E-state index is 13.9. The predicted octanol–water partition coefficient (Wildman–Crippen LogP) is 0.643. The van der Waals surface area contributed by atoms with Crippen LogP contribution in [-0.4, -0.2) is 64.8 Å². The minimum Gasteiger partial charge on any atom is -0.355 e. The van der Waals surface area contributed by atoms with E-state index in [1.807, 2.05) is 4.90 Å². The van der Waals surface area contributed by atoms with Gasteiger partial charge in [-0.25, -0.2) is 21.9 Å². The van der Waals surface area contributed by atoms with Crippen LogP contribution in [-0.2, 0) is 16.6 Å². The van der Waals surface area contributed by atoms with Crippen LogP contribution < -0.4 is 15.4 Å². The van der Waals surface area contributed by atoms with Crippen molar-refractivity contribution < 1.29 is 17.2 Å². The maximum atomic E-state index is 13.9. The molecule has 0 aromatic heterocycles. The van der Waals surface area contributed by atoms with Gasteiger partial charge in [0, 0.05) is 44.8 Å². The monoisotopic (exact) mass is 403 g/mol. The summed E-state index contributed by atoms with van der Waals surface area (Å²) in [5, 5.41) is 6.33. The maximum Gasteiger partial charge on any atom is 0.208 e. The first kappa shape index (κ1) is 21.5. The van der Waals surface area contributed by atoms with Crippen molar-refractivity contribution in [1.29, 1.82) is 0 Å². The van der Waals surface area contributed by atoms with Crippen molar-refractivity contribution in [2.75, 3.05) is 39.5 Å². The topological polar surface area (TPSA) is 85.8 Å². The lowest BCUT2D eigenvalue weighted by atomic mass is 10.0. The molecule has 0 saturated carbocycles. The molecule has 1 unspecified atom stereocenters. The van der Waals surface area contributed by atoms with Crippen LogP contribution in [0.1, 0.15) is 18.4 Å². The van der Waals surface area contributed by atoms with Crippen molar-refractivity contribution in [3.63, 3.8) is 0 Å². The SMILES string of the molecule is CN=C(NCCNS(C)(=O)=O)NC1CCCN(Cc2c(F)cccc2F)C1. The number of sulfonamides is 1. The lowest BCUT2D eigenvalue weighted by Gasteiger charge is -2.34. The first-order valence-electron chi connectivity index (χ1n) is 8.85. The molecular formula is C17H27F2N5O2S. The largest absolute Gasteiger partial charge is 0.355 e. The second-order valence-corrected chi connectivity index (χ2v) is 8.42. The van der Waals surface area contributed by atoms with E-state index in [9.17, 15) is 17.2 Å². The Balaban J connectivity index is 1.84. The molecule has 1 aromatic carbocycles. The number of hydrogen-bond donors (Lipinski definition) is 3. The van der Waals surface area contributed by atoms with Gasteiger partial charge in [0.1, 0.15) is 11.6 Å². The standard InChI is InChI=1S/C17H27F2N5O2S/c1-20-17(21-8-9-22-27(2,25)26)23-13-5-4-10-24(11-13)12-14-15(18)6-3-7-16(14)19/h3,6-7,13,22H,4-5,8-12H2,1-2H3,(H2,20,21,23). The number of rotatable bonds is 7. The number of halogens is 2. The molecule has 0 bridgehead atoms. The molecule has 1 saturated heterocycles. The number of benzene rings is 1. The number of hydrogen-bond acceptors (Lipinski definition) is 4. The fraction of sp³-hybridized carbons (Fsp3) is 0.588. The van der Waals surface area contributed by atoms with Crippen LogP contribution >= 0.6 is 0 Å². The van der Waals surface area contributed by atoms with Crippen molar-refractivity contribution in [3.8, 4) is 0 Å². The molecule has 0 amide bonds. The molecule has 7 nitrogen and oxygen atoms in total. The average Bonchev–Trinajstić information content (AvgIpc) is 2.60. The summed E-state index contributed by atoms with van der Waals surface area (Å²) in [6.07, 6.45) is 2.92. The van der Waals surface area contributed by atoms with Crippen molar-refractivity contribution >= 4 is 16.0 Å². The molecule has 10 heteroatoms. The van der Waals surface area contributed by atoms with Crippen LogP contribution in [0.3, 0.4) is 0 Å². The van der Waals surface area contributed by atoms with Gasteiger partial charge in [0.05, 0.1) is 6.26 Å². The highest BCUT2D eigenvalue weighted by atomic mass is 32.2. The van der Waals surface area contributed by atoms with Crippen LogP contribution in [0.2, 0.25) is 0 Å². The summed E-state index contributed by atoms with van der Waals surface area (Å²) in [4.78, 5) is 6.15. The van der Waals surface area contributed by atoms with Crippen LogP contribution in [0, 0.1) is 11.6 Å². The molecule has 27 heavy (non-hydrogen) atoms. The van der Waals surface area contributed by atoms with E-state index in [0.717, 1.165) is 25.6 Å². The molecule has 1 fully saturated rings. The van der Waals surface area contributed by atoms with Gasteiger partial charge < -0.3 is 10.6 Å². The molecule has 1 aromatic rings. The zero-order valence-corrected chi connectivity index (χ0v) is 16.5. The highest BCUT2D eigenvalue weighted by Gasteiger charge is 2.22. The van der Waals surface area contributed by atoms with Gasteiger partial charge in [0.15, 0.2) is 5.96 Å². The van der Waals surface area contributed by atoms with Crippen LogP contribution in [0.15, 0.2) is 23.2 Å². The molecule has 2 rings (SSSR count). The van der Waals surface area contributed by atoms with E-state index in [2.05, 4.69) is 20.3 Å². The highest BCUT2D eigenvalue weighted by molar-refractivity contribution is 7.88. The summed E-state index contributed by atoms with van der Waals surface area (Å²) in [5.41, 5.74) is 0.0903. The zero-order chi connectivity index (χ0) is 19.9. The number of nitrogens with zero attached hydrogens (tertiary/aromatic N) is 2. The molecule has 0 spiro atoms. The van der Waals surface area contributed by atoms with Crippen LogP contribution in [0.4, 0.5) is 8.78 Å². The summed E-state index contributed by atoms with van der Waals surface area (Å²) >= 11 is 0. The number of piperidine rings is 1. The molecule has 3 N–H and O–H groups in total. The minimum absolute atomic E-state index is 0.0858. The Morgan fingerprint density at radius 3 is 2.63 bits per heavy atom. The van der Waals surface area contributed by atoms with Crippen molar-refractivity contribution in [1.82, 2.24) is 20.3 Å². The van der Waals surface area contributed by atoms with Gasteiger partial charge in [0.2, 0.25) is 10.0 Å². The van der Waals surface area contributed by atoms with E-state index in [1.165, 1.54) is 18.2 Å². The first-order valence-corrected chi connectivity index (χ1v) is 10.7. The Morgan fingerprint density at radius 2 is 2.00 bits per heavy atom. The third-order valence-corrected chi connectivity index (χ3v) is 5.02. The Kier molecular flexibility index (Phi) is 7.93. The summed E-state index contributed by atoms with van der Waals surface area (Å²) in [7, 11) is -1.58. The first-order chi connectivity index (χ1) is 12.8. The number of aliphatic imine (C=N–C) groups is 1. The van der Waals surface area contributed by atoms with E-state index in [0.29, 0.717) is 19.0 Å². The summed E-state index contributed by atoms with van der Waals surface area (Å²) < 4.78 is 52.2. The molecule has 152 valence electrons. The minimum atomic E-state index is -3.22. The quantitative estimate of drug-likeness (QED) is 0.354. The summed E-state index contributed by atoms with van der Waals surface area (Å²) in [5.74, 6) is -0.490. The van der Waals surface area contributed by atoms with Gasteiger partial charge in [-0.05, 0) is 31.5 Å². The van der Waals surface area contributed by atoms with E-state index < -0.39 is 21.7 Å². The Morgan fingerprint density at radius 1 is 1.30 bits per heavy atom. The van der Waals surface area contributed by atoms with Gasteiger partial charge in [-0.1, -0.05) is 6.07 Å². The molecule has 0 aliphatic carbocycles. The highest BCUT2D eigenvalue weighted by Crippen LogP contribution is 2.18. The molecule has 1 aliphatic heterocycles. The Labute approximate surface area is 159 Å². The van der Waals surface area contributed by atoms with Crippen molar-refractivity contribution in [3.05, 3.63) is 35.4 Å². The molecule has 0 radical (unpaired) electrons. The predicted molar refractivity (Wildman–Crippen MR) is 102 cm³/mol. The van der Waals surface area contributed by atoms with E-state index in [-0.39, 0.29) is 24.7 Å². The third kappa shape index (κ3) is 7.39. The number of nitrogens with one attached hydrogen (secondary N) is 3. The zero-order valence-electron chi connectivity index (χ0n) is 15.6. The molecule has 1 atom stereocenters. The molecule has 1 aliphatic rings. The molecular weight excluding hydrogens is 376 g/mol. The summed E-state index contributed by atoms with van der Waals surface area (Å²) in [6.45, 7) is 2.28. The fourth-order valence-electron chi connectivity index (χ4n) is 3.03. The summed E-state index contributed by atoms with van der Waals surface area (Å²) in [6, 6.07) is 3.99. The second kappa shape index (κ2) is 9.95. The van der Waals surface area contributed by atoms with Gasteiger partial charge in [-0.15, -0.1) is 0 Å². The van der Waals surface area contributed by atoms with E-state index in [4.69, 9.17) is 0 Å². The third-order valence-electron chi connectivity index (χ3n) is 4.30. The van der Waals surface area contributed by atoms with Crippen LogP contribution in [0.5, 0.6) is 0 Å². The number of guanidine groups is 1. The second-order valence-electron chi connectivity index (χ2n) is 6.58. The lowest BCUT2D eigenvalue weighted by molar-refractivity contribution is 0.188. The van der Waals surface area contributed by atoms with Crippen molar-refractivity contribution in [2.24, 2.45) is 4.99 Å². The van der Waals surface area contributed by atoms with Gasteiger partial charge >= 0.3 is 0 Å². The van der Waals surface area contributed by atoms with E-state index >= 15 is 0 Å². The Bertz CT molecular complexity index is 737. The number of likely N-dealkylation sites (tertiary alicyclic amines) is 1. The van der Waals surface area contributed by atoms with Gasteiger partial charge in [0.25, 0.3) is 0 Å². The van der Waals surface area contributed by atoms with Gasteiger partial charge in [-0.2, -0.15) is 0 Å². The average molecular weight is 403 g/mol. The van der Waals surface area contributed by atoms with Crippen LogP contribution in [0.25, 0.3) is 0 Å². The lowest BCUT2D eigenvalue weighted by Crippen LogP contribution is -2.51.